The molecular formula is C15H21NO4. The first-order chi connectivity index (χ1) is 9.31. The normalized spacial score (nSPS) is 10.8. The number of amides is 1. The molecule has 5 nitrogen and oxygen atoms in total. The van der Waals surface area contributed by atoms with Gasteiger partial charge in [0, 0.05) is 5.54 Å². The SMILES string of the molecule is CCOc1ccc(C(=O)OCC(=O)NC(C)(C)C)cc1. The minimum atomic E-state index is -0.530. The van der Waals surface area contributed by atoms with E-state index >= 15 is 0 Å². The lowest BCUT2D eigenvalue weighted by Gasteiger charge is -2.20. The van der Waals surface area contributed by atoms with Gasteiger partial charge in [0.25, 0.3) is 5.91 Å². The van der Waals surface area contributed by atoms with Crippen LogP contribution in [0.5, 0.6) is 5.75 Å². The summed E-state index contributed by atoms with van der Waals surface area (Å²) in [6.07, 6.45) is 0. The van der Waals surface area contributed by atoms with Gasteiger partial charge in [-0.3, -0.25) is 4.79 Å². The van der Waals surface area contributed by atoms with E-state index in [4.69, 9.17) is 9.47 Å². The van der Waals surface area contributed by atoms with E-state index in [2.05, 4.69) is 5.32 Å². The summed E-state index contributed by atoms with van der Waals surface area (Å²) in [5.41, 5.74) is 0.0415. The lowest BCUT2D eigenvalue weighted by molar-refractivity contribution is -0.125. The van der Waals surface area contributed by atoms with Crippen LogP contribution >= 0.6 is 0 Å². The zero-order chi connectivity index (χ0) is 15.2. The molecule has 0 saturated carbocycles. The van der Waals surface area contributed by atoms with Gasteiger partial charge in [-0.1, -0.05) is 0 Å². The molecule has 0 aromatic heterocycles. The van der Waals surface area contributed by atoms with Gasteiger partial charge < -0.3 is 14.8 Å². The maximum atomic E-state index is 11.7. The number of esters is 1. The minimum absolute atomic E-state index is 0.288. The zero-order valence-corrected chi connectivity index (χ0v) is 12.4. The molecule has 0 bridgehead atoms. The average molecular weight is 279 g/mol. The molecule has 0 saturated heterocycles. The molecule has 1 N–H and O–H groups in total. The molecule has 1 aromatic rings. The van der Waals surface area contributed by atoms with Gasteiger partial charge in [-0.05, 0) is 52.0 Å². The van der Waals surface area contributed by atoms with Crippen molar-refractivity contribution in [1.29, 1.82) is 0 Å². The van der Waals surface area contributed by atoms with Gasteiger partial charge >= 0.3 is 5.97 Å². The quantitative estimate of drug-likeness (QED) is 0.839. The number of hydrogen-bond donors (Lipinski definition) is 1. The fourth-order valence-corrected chi connectivity index (χ4v) is 1.52. The predicted molar refractivity (Wildman–Crippen MR) is 75.8 cm³/mol. The number of ether oxygens (including phenoxy) is 2. The first-order valence-electron chi connectivity index (χ1n) is 6.53. The molecule has 1 amide bonds. The number of carbonyl (C=O) groups excluding carboxylic acids is 2. The van der Waals surface area contributed by atoms with Crippen molar-refractivity contribution in [2.24, 2.45) is 0 Å². The molecule has 5 heteroatoms. The molecule has 0 atom stereocenters. The highest BCUT2D eigenvalue weighted by Gasteiger charge is 2.15. The van der Waals surface area contributed by atoms with E-state index in [9.17, 15) is 9.59 Å². The highest BCUT2D eigenvalue weighted by molar-refractivity contribution is 5.91. The summed E-state index contributed by atoms with van der Waals surface area (Å²) < 4.78 is 10.2. The van der Waals surface area contributed by atoms with Gasteiger partial charge in [-0.15, -0.1) is 0 Å². The summed E-state index contributed by atoms with van der Waals surface area (Å²) in [5, 5.41) is 2.72. The van der Waals surface area contributed by atoms with E-state index in [1.54, 1.807) is 24.3 Å². The molecule has 0 unspecified atom stereocenters. The monoisotopic (exact) mass is 279 g/mol. The van der Waals surface area contributed by atoms with Crippen LogP contribution in [-0.2, 0) is 9.53 Å². The molecule has 1 rings (SSSR count). The fraction of sp³-hybridized carbons (Fsp3) is 0.467. The van der Waals surface area contributed by atoms with Crippen LogP contribution < -0.4 is 10.1 Å². The Labute approximate surface area is 119 Å². The van der Waals surface area contributed by atoms with E-state index in [1.165, 1.54) is 0 Å². The number of hydrogen-bond acceptors (Lipinski definition) is 4. The van der Waals surface area contributed by atoms with Crippen molar-refractivity contribution in [1.82, 2.24) is 5.32 Å². The van der Waals surface area contributed by atoms with Gasteiger partial charge in [-0.2, -0.15) is 0 Å². The predicted octanol–water partition coefficient (Wildman–Crippen LogP) is 2.16. The summed E-state index contributed by atoms with van der Waals surface area (Å²) in [5.74, 6) is -0.164. The third-order valence-electron chi connectivity index (χ3n) is 2.25. The Morgan fingerprint density at radius 1 is 1.15 bits per heavy atom. The largest absolute Gasteiger partial charge is 0.494 e. The topological polar surface area (TPSA) is 64.6 Å². The van der Waals surface area contributed by atoms with E-state index in [-0.39, 0.29) is 18.1 Å². The lowest BCUT2D eigenvalue weighted by Crippen LogP contribution is -2.42. The Balaban J connectivity index is 2.48. The Hall–Kier alpha value is -2.04. The molecule has 0 aliphatic carbocycles. The first-order valence-corrected chi connectivity index (χ1v) is 6.53. The molecule has 0 aliphatic rings. The highest BCUT2D eigenvalue weighted by Crippen LogP contribution is 2.12. The Morgan fingerprint density at radius 2 is 1.75 bits per heavy atom. The van der Waals surface area contributed by atoms with Crippen molar-refractivity contribution >= 4 is 11.9 Å². The van der Waals surface area contributed by atoms with Gasteiger partial charge in [0.15, 0.2) is 6.61 Å². The fourth-order valence-electron chi connectivity index (χ4n) is 1.52. The molecule has 0 fully saturated rings. The number of carbonyl (C=O) groups is 2. The highest BCUT2D eigenvalue weighted by atomic mass is 16.5. The Bertz CT molecular complexity index is 460. The molecule has 0 spiro atoms. The van der Waals surface area contributed by atoms with Crippen LogP contribution in [0.25, 0.3) is 0 Å². The number of rotatable bonds is 5. The van der Waals surface area contributed by atoms with Crippen molar-refractivity contribution in [2.75, 3.05) is 13.2 Å². The van der Waals surface area contributed by atoms with Crippen LogP contribution in [0, 0.1) is 0 Å². The summed E-state index contributed by atoms with van der Waals surface area (Å²) in [4.78, 5) is 23.3. The molecule has 0 aliphatic heterocycles. The average Bonchev–Trinajstić information content (AvgIpc) is 2.35. The van der Waals surface area contributed by atoms with E-state index in [0.717, 1.165) is 0 Å². The summed E-state index contributed by atoms with van der Waals surface area (Å²) >= 11 is 0. The standard InChI is InChI=1S/C15H21NO4/c1-5-19-12-8-6-11(7-9-12)14(18)20-10-13(17)16-15(2,3)4/h6-9H,5,10H2,1-4H3,(H,16,17). The third kappa shape index (κ3) is 5.73. The molecule has 0 radical (unpaired) electrons. The van der Waals surface area contributed by atoms with Crippen molar-refractivity contribution in [2.45, 2.75) is 33.2 Å². The molecule has 110 valence electrons. The van der Waals surface area contributed by atoms with Gasteiger partial charge in [0.1, 0.15) is 5.75 Å². The van der Waals surface area contributed by atoms with E-state index < -0.39 is 5.97 Å². The van der Waals surface area contributed by atoms with Crippen molar-refractivity contribution in [3.8, 4) is 5.75 Å². The number of nitrogens with one attached hydrogen (secondary N) is 1. The summed E-state index contributed by atoms with van der Waals surface area (Å²) in [6, 6.07) is 6.59. The summed E-state index contributed by atoms with van der Waals surface area (Å²) in [6.45, 7) is 7.74. The van der Waals surface area contributed by atoms with Gasteiger partial charge in [0.2, 0.25) is 0 Å². The second-order valence-electron chi connectivity index (χ2n) is 5.33. The van der Waals surface area contributed by atoms with Gasteiger partial charge in [0.05, 0.1) is 12.2 Å². The lowest BCUT2D eigenvalue weighted by atomic mass is 10.1. The van der Waals surface area contributed by atoms with Crippen LogP contribution in [0.15, 0.2) is 24.3 Å². The Morgan fingerprint density at radius 3 is 2.25 bits per heavy atom. The van der Waals surface area contributed by atoms with Crippen molar-refractivity contribution < 1.29 is 19.1 Å². The van der Waals surface area contributed by atoms with Crippen molar-refractivity contribution in [3.63, 3.8) is 0 Å². The molecule has 20 heavy (non-hydrogen) atoms. The van der Waals surface area contributed by atoms with Crippen LogP contribution in [0.2, 0.25) is 0 Å². The second kappa shape index (κ2) is 6.93. The smallest absolute Gasteiger partial charge is 0.338 e. The molecule has 1 aromatic carbocycles. The summed E-state index contributed by atoms with van der Waals surface area (Å²) in [7, 11) is 0. The first kappa shape index (κ1) is 16.0. The number of benzene rings is 1. The second-order valence-corrected chi connectivity index (χ2v) is 5.33. The third-order valence-corrected chi connectivity index (χ3v) is 2.25. The molecular weight excluding hydrogens is 258 g/mol. The van der Waals surface area contributed by atoms with E-state index in [0.29, 0.717) is 17.9 Å². The maximum absolute atomic E-state index is 11.7. The Kier molecular flexibility index (Phi) is 5.55. The van der Waals surface area contributed by atoms with Crippen LogP contribution in [0.3, 0.4) is 0 Å². The van der Waals surface area contributed by atoms with Crippen LogP contribution in [-0.4, -0.2) is 30.6 Å². The maximum Gasteiger partial charge on any atom is 0.338 e. The minimum Gasteiger partial charge on any atom is -0.494 e. The molecule has 0 heterocycles. The van der Waals surface area contributed by atoms with Crippen LogP contribution in [0.4, 0.5) is 0 Å². The van der Waals surface area contributed by atoms with Gasteiger partial charge in [-0.25, -0.2) is 4.79 Å². The van der Waals surface area contributed by atoms with Crippen molar-refractivity contribution in [3.05, 3.63) is 29.8 Å². The zero-order valence-electron chi connectivity index (χ0n) is 12.4. The van der Waals surface area contributed by atoms with Crippen LogP contribution in [0.1, 0.15) is 38.1 Å². The van der Waals surface area contributed by atoms with E-state index in [1.807, 2.05) is 27.7 Å².